The first-order valence-corrected chi connectivity index (χ1v) is 7.87. The molecule has 2 saturated heterocycles. The topological polar surface area (TPSA) is 73.8 Å². The minimum atomic E-state index is -0.751. The van der Waals surface area contributed by atoms with E-state index in [9.17, 15) is 9.90 Å². The highest BCUT2D eigenvalue weighted by Gasteiger charge is 2.50. The second-order valence-electron chi connectivity index (χ2n) is 5.92. The van der Waals surface area contributed by atoms with Crippen molar-refractivity contribution >= 4 is 6.03 Å². The Morgan fingerprint density at radius 1 is 1.27 bits per heavy atom. The molecule has 2 amide bonds. The predicted molar refractivity (Wildman–Crippen MR) is 82.6 cm³/mol. The third-order valence-corrected chi connectivity index (χ3v) is 4.46. The van der Waals surface area contributed by atoms with Crippen LogP contribution in [0.25, 0.3) is 0 Å². The molecule has 2 aliphatic heterocycles. The van der Waals surface area contributed by atoms with Gasteiger partial charge in [-0.1, -0.05) is 18.2 Å². The highest BCUT2D eigenvalue weighted by Crippen LogP contribution is 2.30. The maximum absolute atomic E-state index is 12.1. The second kappa shape index (κ2) is 6.54. The molecule has 1 spiro atoms. The molecule has 6 heteroatoms. The monoisotopic (exact) mass is 305 g/mol. The molecule has 2 aliphatic rings. The van der Waals surface area contributed by atoms with Gasteiger partial charge in [0.2, 0.25) is 0 Å². The molecule has 3 rings (SSSR count). The van der Waals surface area contributed by atoms with Gasteiger partial charge >= 0.3 is 6.03 Å². The van der Waals surface area contributed by atoms with Crippen LogP contribution in [0.5, 0.6) is 5.75 Å². The Morgan fingerprint density at radius 2 is 2.00 bits per heavy atom. The van der Waals surface area contributed by atoms with E-state index in [1.165, 1.54) is 4.90 Å². The van der Waals surface area contributed by atoms with Gasteiger partial charge in [-0.3, -0.25) is 4.90 Å². The van der Waals surface area contributed by atoms with Crippen LogP contribution in [0.15, 0.2) is 30.3 Å². The fourth-order valence-electron chi connectivity index (χ4n) is 3.18. The van der Waals surface area contributed by atoms with E-state index >= 15 is 0 Å². The van der Waals surface area contributed by atoms with Gasteiger partial charge in [-0.2, -0.15) is 0 Å². The van der Waals surface area contributed by atoms with E-state index in [1.54, 1.807) is 0 Å². The Kier molecular flexibility index (Phi) is 4.49. The van der Waals surface area contributed by atoms with E-state index in [0.29, 0.717) is 19.6 Å². The van der Waals surface area contributed by atoms with Gasteiger partial charge in [-0.25, -0.2) is 4.79 Å². The Hall–Kier alpha value is -1.79. The largest absolute Gasteiger partial charge is 0.494 e. The summed E-state index contributed by atoms with van der Waals surface area (Å²) in [5.41, 5.74) is -0.484. The minimum Gasteiger partial charge on any atom is -0.494 e. The van der Waals surface area contributed by atoms with Crippen LogP contribution in [-0.2, 0) is 0 Å². The van der Waals surface area contributed by atoms with Crippen LogP contribution in [0.3, 0.4) is 0 Å². The molecule has 0 saturated carbocycles. The van der Waals surface area contributed by atoms with Crippen molar-refractivity contribution in [2.45, 2.75) is 31.0 Å². The van der Waals surface area contributed by atoms with E-state index < -0.39 is 11.8 Å². The second-order valence-corrected chi connectivity index (χ2v) is 5.92. The number of nitrogens with one attached hydrogen (secondary N) is 2. The molecule has 1 atom stereocenters. The van der Waals surface area contributed by atoms with Crippen molar-refractivity contribution in [1.82, 2.24) is 15.5 Å². The van der Waals surface area contributed by atoms with E-state index in [4.69, 9.17) is 4.74 Å². The molecule has 2 heterocycles. The standard InChI is InChI=1S/C16H23N3O3/c20-14-16(7-9-17-10-8-16)18-15(21)19(14)11-4-12-22-13-5-2-1-3-6-13/h1-3,5-6,14,17,20H,4,7-12H2,(H,18,21). The molecule has 1 unspecified atom stereocenters. The maximum atomic E-state index is 12.1. The molecule has 1 aromatic rings. The van der Waals surface area contributed by atoms with Gasteiger partial charge in [0.1, 0.15) is 5.75 Å². The van der Waals surface area contributed by atoms with Crippen LogP contribution in [-0.4, -0.2) is 54.0 Å². The summed E-state index contributed by atoms with van der Waals surface area (Å²) < 4.78 is 5.62. The number of rotatable bonds is 5. The summed E-state index contributed by atoms with van der Waals surface area (Å²) in [5, 5.41) is 16.8. The lowest BCUT2D eigenvalue weighted by atomic mass is 9.87. The average Bonchev–Trinajstić information content (AvgIpc) is 2.77. The summed E-state index contributed by atoms with van der Waals surface area (Å²) in [7, 11) is 0. The summed E-state index contributed by atoms with van der Waals surface area (Å²) in [6.07, 6.45) is 1.46. The van der Waals surface area contributed by atoms with Gasteiger partial charge < -0.3 is 20.5 Å². The Labute approximate surface area is 130 Å². The zero-order valence-electron chi connectivity index (χ0n) is 12.6. The van der Waals surface area contributed by atoms with E-state index in [-0.39, 0.29) is 6.03 Å². The number of aliphatic hydroxyl groups excluding tert-OH is 1. The van der Waals surface area contributed by atoms with Crippen LogP contribution in [0, 0.1) is 0 Å². The van der Waals surface area contributed by atoms with E-state index in [2.05, 4.69) is 10.6 Å². The minimum absolute atomic E-state index is 0.172. The van der Waals surface area contributed by atoms with Gasteiger partial charge in [0, 0.05) is 6.54 Å². The highest BCUT2D eigenvalue weighted by molar-refractivity contribution is 5.78. The lowest BCUT2D eigenvalue weighted by Gasteiger charge is -2.36. The molecule has 0 aliphatic carbocycles. The zero-order chi connectivity index (χ0) is 15.4. The number of carbonyl (C=O) groups excluding carboxylic acids is 1. The van der Waals surface area contributed by atoms with E-state index in [0.717, 1.165) is 31.7 Å². The zero-order valence-corrected chi connectivity index (χ0v) is 12.6. The third-order valence-electron chi connectivity index (χ3n) is 4.46. The number of ether oxygens (including phenoxy) is 1. The molecule has 120 valence electrons. The Bertz CT molecular complexity index is 503. The molecule has 1 aromatic carbocycles. The van der Waals surface area contributed by atoms with Crippen LogP contribution in [0.4, 0.5) is 4.79 Å². The fraction of sp³-hybridized carbons (Fsp3) is 0.562. The molecule has 22 heavy (non-hydrogen) atoms. The smallest absolute Gasteiger partial charge is 0.320 e. The van der Waals surface area contributed by atoms with Crippen molar-refractivity contribution in [3.63, 3.8) is 0 Å². The van der Waals surface area contributed by atoms with Crippen LogP contribution >= 0.6 is 0 Å². The van der Waals surface area contributed by atoms with Crippen molar-refractivity contribution in [3.05, 3.63) is 30.3 Å². The van der Waals surface area contributed by atoms with Gasteiger partial charge in [-0.05, 0) is 44.5 Å². The first-order valence-electron chi connectivity index (χ1n) is 7.87. The van der Waals surface area contributed by atoms with Crippen molar-refractivity contribution in [3.8, 4) is 5.75 Å². The molecular weight excluding hydrogens is 282 g/mol. The molecular formula is C16H23N3O3. The number of hydrogen-bond acceptors (Lipinski definition) is 4. The van der Waals surface area contributed by atoms with Crippen LogP contribution in [0.2, 0.25) is 0 Å². The Balaban J connectivity index is 1.49. The number of para-hydroxylation sites is 1. The average molecular weight is 305 g/mol. The lowest BCUT2D eigenvalue weighted by Crippen LogP contribution is -2.56. The van der Waals surface area contributed by atoms with Crippen LogP contribution < -0.4 is 15.4 Å². The van der Waals surface area contributed by atoms with Gasteiger partial charge in [0.15, 0.2) is 6.23 Å². The third kappa shape index (κ3) is 3.03. The molecule has 0 bridgehead atoms. The number of carbonyl (C=O) groups is 1. The Morgan fingerprint density at radius 3 is 2.73 bits per heavy atom. The summed E-state index contributed by atoms with van der Waals surface area (Å²) >= 11 is 0. The maximum Gasteiger partial charge on any atom is 0.320 e. The van der Waals surface area contributed by atoms with Crippen molar-refractivity contribution in [2.75, 3.05) is 26.2 Å². The van der Waals surface area contributed by atoms with Crippen molar-refractivity contribution in [2.24, 2.45) is 0 Å². The SMILES string of the molecule is O=C1NC2(CCNCC2)C(O)N1CCCOc1ccccc1. The van der Waals surface area contributed by atoms with Gasteiger partial charge in [0.05, 0.1) is 12.1 Å². The number of piperidine rings is 1. The number of urea groups is 1. The summed E-state index contributed by atoms with van der Waals surface area (Å²) in [4.78, 5) is 13.6. The molecule has 3 N–H and O–H groups in total. The number of nitrogens with zero attached hydrogens (tertiary/aromatic N) is 1. The van der Waals surface area contributed by atoms with Crippen LogP contribution in [0.1, 0.15) is 19.3 Å². The lowest BCUT2D eigenvalue weighted by molar-refractivity contribution is -0.0114. The molecule has 2 fully saturated rings. The normalized spacial score (nSPS) is 23.6. The molecule has 0 aromatic heterocycles. The first kappa shape index (κ1) is 15.1. The molecule has 0 radical (unpaired) electrons. The number of benzene rings is 1. The quantitative estimate of drug-likeness (QED) is 0.707. The summed E-state index contributed by atoms with van der Waals surface area (Å²) in [6.45, 7) is 2.66. The predicted octanol–water partition coefficient (Wildman–Crippen LogP) is 0.921. The van der Waals surface area contributed by atoms with Gasteiger partial charge in [0.25, 0.3) is 0 Å². The van der Waals surface area contributed by atoms with Crippen molar-refractivity contribution in [1.29, 1.82) is 0 Å². The number of amides is 2. The van der Waals surface area contributed by atoms with Gasteiger partial charge in [-0.15, -0.1) is 0 Å². The molecule has 6 nitrogen and oxygen atoms in total. The number of aliphatic hydroxyl groups is 1. The van der Waals surface area contributed by atoms with Crippen molar-refractivity contribution < 1.29 is 14.6 Å². The van der Waals surface area contributed by atoms with E-state index in [1.807, 2.05) is 30.3 Å². The first-order chi connectivity index (χ1) is 10.7. The summed E-state index contributed by atoms with van der Waals surface area (Å²) in [6, 6.07) is 9.43. The summed E-state index contributed by atoms with van der Waals surface area (Å²) in [5.74, 6) is 0.823. The number of hydrogen-bond donors (Lipinski definition) is 3. The highest BCUT2D eigenvalue weighted by atomic mass is 16.5. The fourth-order valence-corrected chi connectivity index (χ4v) is 3.18.